The Morgan fingerprint density at radius 2 is 1.92 bits per heavy atom. The van der Waals surface area contributed by atoms with Gasteiger partial charge in [0.2, 0.25) is 5.95 Å². The quantitative estimate of drug-likeness (QED) is 0.543. The van der Waals surface area contributed by atoms with E-state index in [-0.39, 0.29) is 6.61 Å². The summed E-state index contributed by atoms with van der Waals surface area (Å²) in [6.45, 7) is 2.70. The van der Waals surface area contributed by atoms with Crippen molar-refractivity contribution in [3.8, 4) is 23.2 Å². The van der Waals surface area contributed by atoms with Crippen molar-refractivity contribution in [2.75, 3.05) is 38.7 Å². The molecule has 0 aliphatic carbocycles. The summed E-state index contributed by atoms with van der Waals surface area (Å²) in [4.78, 5) is 15.4. The number of hydrogen-bond acceptors (Lipinski definition) is 8. The van der Waals surface area contributed by atoms with E-state index in [0.29, 0.717) is 47.6 Å². The van der Waals surface area contributed by atoms with E-state index in [2.05, 4.69) is 50.4 Å². The van der Waals surface area contributed by atoms with E-state index in [9.17, 15) is 9.65 Å². The third kappa shape index (κ3) is 5.61. The fraction of sp³-hybridized carbons (Fsp3) is 0.407. The minimum atomic E-state index is -1.22. The Hall–Kier alpha value is -3.61. The molecular formula is C27H29FN6O2. The molecule has 2 aliphatic rings. The lowest BCUT2D eigenvalue weighted by Crippen LogP contribution is -2.37. The van der Waals surface area contributed by atoms with Crippen molar-refractivity contribution in [1.29, 1.82) is 5.26 Å². The van der Waals surface area contributed by atoms with Gasteiger partial charge in [0, 0.05) is 17.7 Å². The second-order valence-corrected chi connectivity index (χ2v) is 9.32. The molecule has 2 aliphatic heterocycles. The normalized spacial score (nSPS) is 21.0. The monoisotopic (exact) mass is 488 g/mol. The highest BCUT2D eigenvalue weighted by Crippen LogP contribution is 2.30. The molecule has 5 rings (SSSR count). The first-order valence-electron chi connectivity index (χ1n) is 12.3. The molecule has 2 atom stereocenters. The highest BCUT2D eigenvalue weighted by Gasteiger charge is 2.28. The molecule has 36 heavy (non-hydrogen) atoms. The Balaban J connectivity index is 1.28. The molecule has 0 bridgehead atoms. The first-order valence-corrected chi connectivity index (χ1v) is 12.3. The second-order valence-electron chi connectivity index (χ2n) is 9.32. The average Bonchev–Trinajstić information content (AvgIpc) is 2.91. The number of nitrogens with zero attached hydrogens (tertiary/aromatic N) is 5. The summed E-state index contributed by atoms with van der Waals surface area (Å²) in [7, 11) is 2.17. The molecule has 9 heteroatoms. The number of rotatable bonds is 6. The van der Waals surface area contributed by atoms with Gasteiger partial charge in [-0.2, -0.15) is 10.2 Å². The smallest absolute Gasteiger partial charge is 0.230 e. The van der Waals surface area contributed by atoms with Crippen LogP contribution in [0.5, 0.6) is 5.75 Å². The van der Waals surface area contributed by atoms with Crippen LogP contribution >= 0.6 is 0 Å². The van der Waals surface area contributed by atoms with Gasteiger partial charge in [-0.3, -0.25) is 0 Å². The summed E-state index contributed by atoms with van der Waals surface area (Å²) in [6.07, 6.45) is 2.38. The van der Waals surface area contributed by atoms with E-state index in [1.807, 2.05) is 12.1 Å². The SMILES string of the molecule is CN1CCC(c2ccc(Nc3ncnc(-c4ccc(OC5CCOCC5F)c(C#N)c4)n3)cc2)CC1. The van der Waals surface area contributed by atoms with Gasteiger partial charge in [-0.1, -0.05) is 12.1 Å². The molecule has 2 fully saturated rings. The molecule has 2 saturated heterocycles. The van der Waals surface area contributed by atoms with E-state index in [4.69, 9.17) is 9.47 Å². The molecule has 1 aromatic heterocycles. The van der Waals surface area contributed by atoms with Gasteiger partial charge in [0.1, 0.15) is 24.3 Å². The fourth-order valence-electron chi connectivity index (χ4n) is 4.64. The number of ether oxygens (including phenoxy) is 2. The highest BCUT2D eigenvalue weighted by molar-refractivity contribution is 5.63. The number of alkyl halides is 1. The van der Waals surface area contributed by atoms with Gasteiger partial charge in [-0.15, -0.1) is 0 Å². The predicted octanol–water partition coefficient (Wildman–Crippen LogP) is 4.47. The van der Waals surface area contributed by atoms with Crippen LogP contribution in [-0.2, 0) is 4.74 Å². The lowest BCUT2D eigenvalue weighted by Gasteiger charge is -2.29. The highest BCUT2D eigenvalue weighted by atomic mass is 19.1. The van der Waals surface area contributed by atoms with Crippen molar-refractivity contribution >= 4 is 11.6 Å². The van der Waals surface area contributed by atoms with E-state index in [0.717, 1.165) is 18.8 Å². The van der Waals surface area contributed by atoms with Gasteiger partial charge < -0.3 is 19.7 Å². The number of piperidine rings is 1. The van der Waals surface area contributed by atoms with Crippen LogP contribution in [0.1, 0.15) is 36.3 Å². The van der Waals surface area contributed by atoms with Gasteiger partial charge in [0.05, 0.1) is 18.8 Å². The first kappa shape index (κ1) is 24.1. The Labute approximate surface area is 210 Å². The van der Waals surface area contributed by atoms with E-state index in [1.165, 1.54) is 24.7 Å². The molecule has 0 spiro atoms. The molecule has 3 heterocycles. The Kier molecular flexibility index (Phi) is 7.35. The Bertz CT molecular complexity index is 1220. The van der Waals surface area contributed by atoms with Crippen LogP contribution in [0.4, 0.5) is 16.0 Å². The number of aromatic nitrogens is 3. The predicted molar refractivity (Wildman–Crippen MR) is 134 cm³/mol. The third-order valence-electron chi connectivity index (χ3n) is 6.79. The van der Waals surface area contributed by atoms with Crippen LogP contribution in [-0.4, -0.2) is 65.5 Å². The Morgan fingerprint density at radius 1 is 1.11 bits per heavy atom. The summed E-state index contributed by atoms with van der Waals surface area (Å²) < 4.78 is 25.0. The number of anilines is 2. The molecule has 2 unspecified atom stereocenters. The summed E-state index contributed by atoms with van der Waals surface area (Å²) in [5, 5.41) is 12.9. The van der Waals surface area contributed by atoms with Crippen molar-refractivity contribution in [2.24, 2.45) is 0 Å². The van der Waals surface area contributed by atoms with Crippen molar-refractivity contribution in [3.05, 3.63) is 59.9 Å². The topological polar surface area (TPSA) is 96.2 Å². The average molecular weight is 489 g/mol. The first-order chi connectivity index (χ1) is 17.6. The number of nitrogens with one attached hydrogen (secondary N) is 1. The maximum Gasteiger partial charge on any atom is 0.230 e. The van der Waals surface area contributed by atoms with Crippen molar-refractivity contribution in [2.45, 2.75) is 37.5 Å². The zero-order valence-corrected chi connectivity index (χ0v) is 20.2. The molecular weight excluding hydrogens is 459 g/mol. The van der Waals surface area contributed by atoms with Crippen LogP contribution in [0.25, 0.3) is 11.4 Å². The van der Waals surface area contributed by atoms with Gasteiger partial charge in [0.25, 0.3) is 0 Å². The molecule has 186 valence electrons. The number of benzene rings is 2. The standard InChI is InChI=1S/C27H29FN6O2/c1-34-11-8-19(9-12-34)18-2-5-22(6-3-18)32-27-31-17-30-26(33-27)20-4-7-24(21(14-20)15-29)36-25-10-13-35-16-23(25)28/h2-7,14,17,19,23,25H,8-13,16H2,1H3,(H,30,31,32,33). The zero-order chi connectivity index (χ0) is 24.9. The summed E-state index contributed by atoms with van der Waals surface area (Å²) in [5.41, 5.74) is 3.19. The van der Waals surface area contributed by atoms with Gasteiger partial charge >= 0.3 is 0 Å². The number of likely N-dealkylation sites (tertiary alicyclic amines) is 1. The van der Waals surface area contributed by atoms with Crippen LogP contribution in [0, 0.1) is 11.3 Å². The van der Waals surface area contributed by atoms with Crippen LogP contribution in [0.2, 0.25) is 0 Å². The summed E-state index contributed by atoms with van der Waals surface area (Å²) in [6, 6.07) is 15.6. The third-order valence-corrected chi connectivity index (χ3v) is 6.79. The minimum Gasteiger partial charge on any atom is -0.486 e. The maximum atomic E-state index is 14.1. The lowest BCUT2D eigenvalue weighted by molar-refractivity contribution is -0.0383. The minimum absolute atomic E-state index is 0.00613. The van der Waals surface area contributed by atoms with Crippen LogP contribution in [0.15, 0.2) is 48.8 Å². The lowest BCUT2D eigenvalue weighted by atomic mass is 9.89. The van der Waals surface area contributed by atoms with Gasteiger partial charge in [-0.05, 0) is 74.8 Å². The zero-order valence-electron chi connectivity index (χ0n) is 20.2. The number of halogens is 1. The fourth-order valence-corrected chi connectivity index (χ4v) is 4.64. The largest absolute Gasteiger partial charge is 0.486 e. The molecule has 2 aromatic carbocycles. The molecule has 0 amide bonds. The molecule has 0 radical (unpaired) electrons. The van der Waals surface area contributed by atoms with Crippen LogP contribution in [0.3, 0.4) is 0 Å². The summed E-state index contributed by atoms with van der Waals surface area (Å²) >= 11 is 0. The van der Waals surface area contributed by atoms with Crippen LogP contribution < -0.4 is 10.1 Å². The molecule has 8 nitrogen and oxygen atoms in total. The number of hydrogen-bond donors (Lipinski definition) is 1. The van der Waals surface area contributed by atoms with Gasteiger partial charge in [-0.25, -0.2) is 14.4 Å². The number of nitriles is 1. The maximum absolute atomic E-state index is 14.1. The second kappa shape index (κ2) is 11.0. The Morgan fingerprint density at radius 3 is 2.67 bits per heavy atom. The van der Waals surface area contributed by atoms with E-state index < -0.39 is 12.3 Å². The summed E-state index contributed by atoms with van der Waals surface area (Å²) in [5.74, 6) is 1.77. The van der Waals surface area contributed by atoms with Crippen molar-refractivity contribution < 1.29 is 13.9 Å². The molecule has 0 saturated carbocycles. The molecule has 1 N–H and O–H groups in total. The van der Waals surface area contributed by atoms with E-state index >= 15 is 0 Å². The van der Waals surface area contributed by atoms with Crippen molar-refractivity contribution in [3.63, 3.8) is 0 Å². The van der Waals surface area contributed by atoms with E-state index in [1.54, 1.807) is 18.2 Å². The van der Waals surface area contributed by atoms with Gasteiger partial charge in [0.15, 0.2) is 12.0 Å². The van der Waals surface area contributed by atoms with Crippen molar-refractivity contribution in [1.82, 2.24) is 19.9 Å². The molecule has 3 aromatic rings.